The van der Waals surface area contributed by atoms with Gasteiger partial charge in [0.1, 0.15) is 11.6 Å². The number of nitrogens with one attached hydrogen (secondary N) is 1. The molecule has 168 valence electrons. The normalized spacial score (nSPS) is 20.1. The van der Waals surface area contributed by atoms with Gasteiger partial charge in [0.05, 0.1) is 5.56 Å². The van der Waals surface area contributed by atoms with E-state index in [2.05, 4.69) is 10.3 Å². The summed E-state index contributed by atoms with van der Waals surface area (Å²) in [5.74, 6) is -4.64. The molecule has 1 saturated carbocycles. The van der Waals surface area contributed by atoms with Gasteiger partial charge in [0.15, 0.2) is 23.0 Å². The maximum Gasteiger partial charge on any atom is 0.434 e. The van der Waals surface area contributed by atoms with Gasteiger partial charge in [0.2, 0.25) is 5.91 Å². The van der Waals surface area contributed by atoms with Gasteiger partial charge in [0.25, 0.3) is 5.56 Å². The maximum atomic E-state index is 13.9. The number of hydrogen-bond donors (Lipinski definition) is 1. The molecule has 2 aromatic rings. The highest BCUT2D eigenvalue weighted by Crippen LogP contribution is 2.34. The van der Waals surface area contributed by atoms with Crippen molar-refractivity contribution in [1.29, 1.82) is 0 Å². The minimum Gasteiger partial charge on any atom is -0.352 e. The molecule has 2 fully saturated rings. The summed E-state index contributed by atoms with van der Waals surface area (Å²) in [5.41, 5.74) is -3.35. The highest BCUT2D eigenvalue weighted by molar-refractivity contribution is 6.25. The third kappa shape index (κ3) is 3.94. The number of fused-ring (bicyclic) bond motifs is 1. The van der Waals surface area contributed by atoms with Gasteiger partial charge in [-0.1, -0.05) is 0 Å². The van der Waals surface area contributed by atoms with E-state index in [0.29, 0.717) is 6.42 Å². The monoisotopic (exact) mass is 449 g/mol. The van der Waals surface area contributed by atoms with Crippen LogP contribution in [-0.4, -0.2) is 38.8 Å². The maximum absolute atomic E-state index is 13.9. The van der Waals surface area contributed by atoms with Crippen molar-refractivity contribution >= 4 is 34.3 Å². The van der Waals surface area contributed by atoms with Crippen molar-refractivity contribution in [3.63, 3.8) is 0 Å². The van der Waals surface area contributed by atoms with Crippen LogP contribution in [0.2, 0.25) is 0 Å². The van der Waals surface area contributed by atoms with Crippen molar-refractivity contribution in [2.45, 2.75) is 50.9 Å². The Hall–Kier alpha value is -3.37. The molecule has 1 unspecified atom stereocenters. The number of nitrogens with zero attached hydrogens (tertiary/aromatic N) is 2. The van der Waals surface area contributed by atoms with Crippen LogP contribution in [0.4, 0.5) is 13.2 Å². The summed E-state index contributed by atoms with van der Waals surface area (Å²) < 4.78 is 42.6. The zero-order valence-corrected chi connectivity index (χ0v) is 16.7. The Morgan fingerprint density at radius 3 is 2.38 bits per heavy atom. The van der Waals surface area contributed by atoms with Crippen LogP contribution in [0.5, 0.6) is 0 Å². The summed E-state index contributed by atoms with van der Waals surface area (Å²) in [6, 6.07) is 2.83. The quantitative estimate of drug-likeness (QED) is 0.563. The lowest BCUT2D eigenvalue weighted by molar-refractivity contribution is -0.142. The predicted molar refractivity (Wildman–Crippen MR) is 104 cm³/mol. The zero-order chi connectivity index (χ0) is 23.2. The van der Waals surface area contributed by atoms with Gasteiger partial charge in [-0.3, -0.25) is 28.5 Å². The lowest BCUT2D eigenvalue weighted by Gasteiger charge is -2.21. The third-order valence-electron chi connectivity index (χ3n) is 5.73. The number of Topliss-reactive ketones (excluding diaryl/α,β-unsaturated/α-hetero) is 3. The molecule has 4 rings (SSSR count). The molecule has 2 aliphatic rings. The molecular weight excluding hydrogens is 431 g/mol. The second-order valence-electron chi connectivity index (χ2n) is 7.96. The number of aromatic nitrogens is 2. The molecule has 1 aliphatic heterocycles. The van der Waals surface area contributed by atoms with Gasteiger partial charge in [-0.15, -0.1) is 0 Å². The van der Waals surface area contributed by atoms with E-state index in [1.54, 1.807) is 0 Å². The first-order valence-corrected chi connectivity index (χ1v) is 10.1. The van der Waals surface area contributed by atoms with E-state index in [0.717, 1.165) is 16.7 Å². The first kappa shape index (κ1) is 21.8. The van der Waals surface area contributed by atoms with Crippen LogP contribution in [0.15, 0.2) is 23.0 Å². The number of halogens is 3. The van der Waals surface area contributed by atoms with E-state index in [1.807, 2.05) is 0 Å². The molecule has 1 saturated heterocycles. The molecule has 0 bridgehead atoms. The molecule has 8 nitrogen and oxygen atoms in total. The van der Waals surface area contributed by atoms with Crippen molar-refractivity contribution in [1.82, 2.24) is 14.9 Å². The molecule has 1 amide bonds. The first-order chi connectivity index (χ1) is 15.1. The van der Waals surface area contributed by atoms with Gasteiger partial charge in [-0.25, -0.2) is 4.98 Å². The SMILES string of the molecule is O=C1CCC(Cn2c(=O)ccc3cc(C(=O)C4C(=O)CCCC4=O)c(C(F)(F)F)nc32)N1. The van der Waals surface area contributed by atoms with E-state index in [1.165, 1.54) is 6.07 Å². The van der Waals surface area contributed by atoms with Crippen LogP contribution in [0, 0.1) is 5.92 Å². The summed E-state index contributed by atoms with van der Waals surface area (Å²) >= 11 is 0. The van der Waals surface area contributed by atoms with E-state index in [-0.39, 0.29) is 49.2 Å². The van der Waals surface area contributed by atoms with Gasteiger partial charge in [-0.05, 0) is 25.0 Å². The topological polar surface area (TPSA) is 115 Å². The second-order valence-corrected chi connectivity index (χ2v) is 7.96. The molecule has 0 aromatic carbocycles. The Bertz CT molecular complexity index is 1200. The van der Waals surface area contributed by atoms with Crippen LogP contribution >= 0.6 is 0 Å². The number of rotatable bonds is 4. The molecule has 3 heterocycles. The Morgan fingerprint density at radius 1 is 1.09 bits per heavy atom. The number of carbonyl (C=O) groups excluding carboxylic acids is 4. The van der Waals surface area contributed by atoms with Crippen molar-refractivity contribution in [2.24, 2.45) is 5.92 Å². The van der Waals surface area contributed by atoms with Crippen LogP contribution in [0.3, 0.4) is 0 Å². The third-order valence-corrected chi connectivity index (χ3v) is 5.73. The number of amides is 1. The summed E-state index contributed by atoms with van der Waals surface area (Å²) in [7, 11) is 0. The second kappa shape index (κ2) is 7.95. The Morgan fingerprint density at radius 2 is 1.78 bits per heavy atom. The van der Waals surface area contributed by atoms with E-state index in [4.69, 9.17) is 0 Å². The number of alkyl halides is 3. The molecule has 2 aromatic heterocycles. The van der Waals surface area contributed by atoms with Crippen molar-refractivity contribution in [3.05, 3.63) is 39.8 Å². The Kier molecular flexibility index (Phi) is 5.43. The smallest absolute Gasteiger partial charge is 0.352 e. The van der Waals surface area contributed by atoms with Crippen LogP contribution in [-0.2, 0) is 27.1 Å². The molecule has 11 heteroatoms. The highest BCUT2D eigenvalue weighted by Gasteiger charge is 2.43. The number of pyridine rings is 2. The minimum atomic E-state index is -5.07. The van der Waals surface area contributed by atoms with Crippen molar-refractivity contribution in [3.8, 4) is 0 Å². The zero-order valence-electron chi connectivity index (χ0n) is 16.7. The van der Waals surface area contributed by atoms with E-state index < -0.39 is 52.3 Å². The molecule has 1 aliphatic carbocycles. The summed E-state index contributed by atoms with van der Waals surface area (Å²) in [6.07, 6.45) is -4.27. The van der Waals surface area contributed by atoms with Gasteiger partial charge < -0.3 is 5.32 Å². The number of carbonyl (C=O) groups is 4. The molecule has 32 heavy (non-hydrogen) atoms. The lowest BCUT2D eigenvalue weighted by Crippen LogP contribution is -2.37. The van der Waals surface area contributed by atoms with E-state index >= 15 is 0 Å². The predicted octanol–water partition coefficient (Wildman–Crippen LogP) is 1.81. The van der Waals surface area contributed by atoms with Crippen LogP contribution in [0.1, 0.15) is 48.2 Å². The van der Waals surface area contributed by atoms with Gasteiger partial charge >= 0.3 is 6.18 Å². The van der Waals surface area contributed by atoms with Crippen molar-refractivity contribution in [2.75, 3.05) is 0 Å². The number of ketones is 3. The molecule has 0 spiro atoms. The summed E-state index contributed by atoms with van der Waals surface area (Å²) in [6.45, 7) is -0.0842. The summed E-state index contributed by atoms with van der Waals surface area (Å²) in [4.78, 5) is 64.6. The molecule has 1 N–H and O–H groups in total. The Balaban J connectivity index is 1.86. The Labute approximate surface area is 178 Å². The average Bonchev–Trinajstić information content (AvgIpc) is 3.13. The van der Waals surface area contributed by atoms with Crippen LogP contribution < -0.4 is 10.9 Å². The van der Waals surface area contributed by atoms with Crippen molar-refractivity contribution < 1.29 is 32.3 Å². The van der Waals surface area contributed by atoms with Crippen LogP contribution in [0.25, 0.3) is 11.0 Å². The fourth-order valence-electron chi connectivity index (χ4n) is 4.18. The number of hydrogen-bond acceptors (Lipinski definition) is 6. The highest BCUT2D eigenvalue weighted by atomic mass is 19.4. The largest absolute Gasteiger partial charge is 0.434 e. The fourth-order valence-corrected chi connectivity index (χ4v) is 4.18. The fraction of sp³-hybridized carbons (Fsp3) is 0.429. The van der Waals surface area contributed by atoms with Gasteiger partial charge in [-0.2, -0.15) is 13.2 Å². The minimum absolute atomic E-state index is 0.0584. The summed E-state index contributed by atoms with van der Waals surface area (Å²) in [5, 5.41) is 2.71. The standard InChI is InChI=1S/C21H18F3N3O5/c22-21(23,24)19-12(18(32)17-13(28)2-1-3-14(17)29)8-10-4-7-16(31)27(20(10)26-19)9-11-5-6-15(30)25-11/h4,7-8,11,17H,1-3,5-6,9H2,(H,25,30). The lowest BCUT2D eigenvalue weighted by atomic mass is 9.81. The average molecular weight is 449 g/mol. The first-order valence-electron chi connectivity index (χ1n) is 10.1. The van der Waals surface area contributed by atoms with E-state index in [9.17, 15) is 37.1 Å². The molecular formula is C21H18F3N3O5. The molecule has 1 atom stereocenters. The molecule has 0 radical (unpaired) electrons. The van der Waals surface area contributed by atoms with Gasteiger partial charge in [0, 0.05) is 43.3 Å².